The fourth-order valence-corrected chi connectivity index (χ4v) is 1.16. The van der Waals surface area contributed by atoms with E-state index in [-0.39, 0.29) is 10.2 Å². The van der Waals surface area contributed by atoms with E-state index in [0.717, 1.165) is 5.92 Å². The molecule has 0 spiro atoms. The van der Waals surface area contributed by atoms with E-state index in [0.29, 0.717) is 0 Å². The van der Waals surface area contributed by atoms with Crippen molar-refractivity contribution in [2.75, 3.05) is 0 Å². The average molecular weight is 264 g/mol. The van der Waals surface area contributed by atoms with Crippen molar-refractivity contribution < 1.29 is 10.2 Å². The summed E-state index contributed by atoms with van der Waals surface area (Å²) in [5.41, 5.74) is 0. The van der Waals surface area contributed by atoms with Crippen molar-refractivity contribution in [1.82, 2.24) is 0 Å². The van der Waals surface area contributed by atoms with Gasteiger partial charge in [0.25, 0.3) is 0 Å². The van der Waals surface area contributed by atoms with Gasteiger partial charge in [-0.25, -0.2) is 0 Å². The molecule has 0 aliphatic carbocycles. The number of halogens is 1. The maximum absolute atomic E-state index is 2.68. The van der Waals surface area contributed by atoms with Crippen molar-refractivity contribution in [3.8, 4) is 11.8 Å². The van der Waals surface area contributed by atoms with Crippen molar-refractivity contribution in [1.29, 1.82) is 0 Å². The SMILES string of the molecule is CC.CC#CC.CCCCCCCC(C)C.F.O. The van der Waals surface area contributed by atoms with Crippen molar-refractivity contribution in [3.63, 3.8) is 0 Å². The van der Waals surface area contributed by atoms with E-state index in [9.17, 15) is 0 Å². The Bertz CT molecular complexity index is 139. The second-order valence-corrected chi connectivity index (χ2v) is 4.10. The predicted molar refractivity (Wildman–Crippen MR) is 84.8 cm³/mol. The van der Waals surface area contributed by atoms with Crippen LogP contribution in [0.2, 0.25) is 0 Å². The minimum absolute atomic E-state index is 0. The first-order chi connectivity index (χ1) is 7.68. The maximum atomic E-state index is 2.68. The third-order valence-electron chi connectivity index (χ3n) is 2.14. The zero-order valence-electron chi connectivity index (χ0n) is 13.7. The van der Waals surface area contributed by atoms with E-state index in [1.807, 2.05) is 27.7 Å². The molecular formula is C16H37FO. The summed E-state index contributed by atoms with van der Waals surface area (Å²) in [4.78, 5) is 0. The van der Waals surface area contributed by atoms with Crippen molar-refractivity contribution in [2.45, 2.75) is 87.0 Å². The Hall–Kier alpha value is -0.550. The predicted octanol–water partition coefficient (Wildman–Crippen LogP) is 5.39. The molecule has 0 unspecified atom stereocenters. The molecule has 0 aliphatic rings. The Kier molecular flexibility index (Phi) is 60.9. The minimum Gasteiger partial charge on any atom is -0.412 e. The highest BCUT2D eigenvalue weighted by atomic mass is 19.0. The smallest absolute Gasteiger partial charge is 0.00271 e. The first-order valence-electron chi connectivity index (χ1n) is 7.02. The lowest BCUT2D eigenvalue weighted by atomic mass is 10.0. The van der Waals surface area contributed by atoms with Gasteiger partial charge >= 0.3 is 0 Å². The standard InChI is InChI=1S/C10H22.C4H6.C2H6.FH.H2O/c1-4-5-6-7-8-9-10(2)3;1-3-4-2;1-2;;/h10H,4-9H2,1-3H3;1-2H3;1-2H3;1H;1H2. The second-order valence-electron chi connectivity index (χ2n) is 4.10. The molecule has 1 nitrogen and oxygen atoms in total. The molecule has 18 heavy (non-hydrogen) atoms. The van der Waals surface area contributed by atoms with Crippen LogP contribution in [0, 0.1) is 17.8 Å². The van der Waals surface area contributed by atoms with Crippen LogP contribution in [0.25, 0.3) is 0 Å². The van der Waals surface area contributed by atoms with E-state index in [1.54, 1.807) is 0 Å². The average Bonchev–Trinajstić information content (AvgIpc) is 2.31. The van der Waals surface area contributed by atoms with Gasteiger partial charge in [-0.2, -0.15) is 0 Å². The molecule has 0 bridgehead atoms. The lowest BCUT2D eigenvalue weighted by molar-refractivity contribution is 0.518. The second kappa shape index (κ2) is 36.0. The van der Waals surface area contributed by atoms with E-state index in [2.05, 4.69) is 32.6 Å². The van der Waals surface area contributed by atoms with Gasteiger partial charge < -0.3 is 5.48 Å². The summed E-state index contributed by atoms with van der Waals surface area (Å²) in [7, 11) is 0. The normalized spacial score (nSPS) is 7.11. The van der Waals surface area contributed by atoms with E-state index in [1.165, 1.54) is 38.5 Å². The number of unbranched alkanes of at least 4 members (excludes halogenated alkanes) is 4. The van der Waals surface area contributed by atoms with Gasteiger partial charge in [-0.1, -0.05) is 73.1 Å². The Morgan fingerprint density at radius 2 is 1.22 bits per heavy atom. The third kappa shape index (κ3) is 58.1. The Morgan fingerprint density at radius 1 is 0.833 bits per heavy atom. The Balaban J connectivity index is -0.0000000607. The van der Waals surface area contributed by atoms with Crippen LogP contribution in [0.1, 0.15) is 87.0 Å². The van der Waals surface area contributed by atoms with Gasteiger partial charge in [0.15, 0.2) is 0 Å². The van der Waals surface area contributed by atoms with Crippen LogP contribution in [0.4, 0.5) is 4.70 Å². The molecule has 2 N–H and O–H groups in total. The Morgan fingerprint density at radius 3 is 1.50 bits per heavy atom. The topological polar surface area (TPSA) is 31.5 Å². The molecule has 0 rings (SSSR count). The molecule has 0 aromatic heterocycles. The van der Waals surface area contributed by atoms with Gasteiger partial charge in [-0.05, 0) is 19.8 Å². The highest BCUT2D eigenvalue weighted by molar-refractivity contribution is 4.89. The molecule has 0 aromatic rings. The van der Waals surface area contributed by atoms with Gasteiger partial charge in [0.1, 0.15) is 0 Å². The van der Waals surface area contributed by atoms with Gasteiger partial charge in [0.05, 0.1) is 0 Å². The highest BCUT2D eigenvalue weighted by Gasteiger charge is 1.92. The van der Waals surface area contributed by atoms with Crippen LogP contribution in [-0.2, 0) is 0 Å². The first-order valence-corrected chi connectivity index (χ1v) is 7.02. The zero-order valence-corrected chi connectivity index (χ0v) is 13.7. The monoisotopic (exact) mass is 264 g/mol. The molecule has 0 aliphatic heterocycles. The molecule has 0 saturated heterocycles. The zero-order chi connectivity index (χ0) is 13.2. The third-order valence-corrected chi connectivity index (χ3v) is 2.14. The molecule has 0 heterocycles. The van der Waals surface area contributed by atoms with Crippen LogP contribution in [-0.4, -0.2) is 5.48 Å². The maximum Gasteiger partial charge on any atom is -0.00271 e. The van der Waals surface area contributed by atoms with Gasteiger partial charge in [-0.15, -0.1) is 11.8 Å². The molecule has 0 aromatic carbocycles. The lowest BCUT2D eigenvalue weighted by Gasteiger charge is -2.02. The summed E-state index contributed by atoms with van der Waals surface area (Å²) in [6, 6.07) is 0. The van der Waals surface area contributed by atoms with Crippen LogP contribution in [0.5, 0.6) is 0 Å². The summed E-state index contributed by atoms with van der Waals surface area (Å²) in [5.74, 6) is 6.27. The summed E-state index contributed by atoms with van der Waals surface area (Å²) >= 11 is 0. The molecule has 0 saturated carbocycles. The van der Waals surface area contributed by atoms with Crippen LogP contribution >= 0.6 is 0 Å². The molecule has 114 valence electrons. The Labute approximate surface area is 115 Å². The van der Waals surface area contributed by atoms with E-state index >= 15 is 0 Å². The van der Waals surface area contributed by atoms with Crippen molar-refractivity contribution in [3.05, 3.63) is 0 Å². The lowest BCUT2D eigenvalue weighted by Crippen LogP contribution is -1.86. The van der Waals surface area contributed by atoms with E-state index in [4.69, 9.17) is 0 Å². The van der Waals surface area contributed by atoms with Crippen molar-refractivity contribution in [2.24, 2.45) is 5.92 Å². The van der Waals surface area contributed by atoms with Gasteiger partial charge in [-0.3, -0.25) is 4.70 Å². The van der Waals surface area contributed by atoms with Crippen LogP contribution in [0.3, 0.4) is 0 Å². The quantitative estimate of drug-likeness (QED) is 0.455. The summed E-state index contributed by atoms with van der Waals surface area (Å²) in [5, 5.41) is 0. The first kappa shape index (κ1) is 30.5. The molecule has 0 radical (unpaired) electrons. The number of hydrogen-bond acceptors (Lipinski definition) is 0. The molecule has 0 fully saturated rings. The van der Waals surface area contributed by atoms with Gasteiger partial charge in [0, 0.05) is 0 Å². The van der Waals surface area contributed by atoms with Crippen LogP contribution in [0.15, 0.2) is 0 Å². The molecule has 0 atom stereocenters. The largest absolute Gasteiger partial charge is 0.412 e. The molecular weight excluding hydrogens is 227 g/mol. The van der Waals surface area contributed by atoms with Gasteiger partial charge in [0.2, 0.25) is 0 Å². The minimum atomic E-state index is 0. The molecule has 0 amide bonds. The van der Waals surface area contributed by atoms with Crippen molar-refractivity contribution >= 4 is 0 Å². The highest BCUT2D eigenvalue weighted by Crippen LogP contribution is 2.09. The molecule has 2 heteroatoms. The number of rotatable bonds is 6. The van der Waals surface area contributed by atoms with Crippen LogP contribution < -0.4 is 0 Å². The fraction of sp³-hybridized carbons (Fsp3) is 0.875. The fourth-order valence-electron chi connectivity index (χ4n) is 1.16. The van der Waals surface area contributed by atoms with E-state index < -0.39 is 0 Å². The summed E-state index contributed by atoms with van der Waals surface area (Å²) < 4.78 is 0. The number of hydrogen-bond donors (Lipinski definition) is 0. The summed E-state index contributed by atoms with van der Waals surface area (Å²) in [6.45, 7) is 14.5. The summed E-state index contributed by atoms with van der Waals surface area (Å²) in [6.07, 6.45) is 8.55.